The summed E-state index contributed by atoms with van der Waals surface area (Å²) in [5.74, 6) is 0.653. The lowest BCUT2D eigenvalue weighted by Crippen LogP contribution is -2.42. The molecule has 0 aliphatic carbocycles. The van der Waals surface area contributed by atoms with Crippen molar-refractivity contribution in [2.45, 2.75) is 46.6 Å². The van der Waals surface area contributed by atoms with Gasteiger partial charge in [-0.3, -0.25) is 4.79 Å². The highest BCUT2D eigenvalue weighted by Crippen LogP contribution is 2.32. The Bertz CT molecular complexity index is 732. The molecule has 2 bridgehead atoms. The molecule has 2 saturated heterocycles. The third-order valence-corrected chi connectivity index (χ3v) is 6.53. The van der Waals surface area contributed by atoms with E-state index >= 15 is 0 Å². The first-order chi connectivity index (χ1) is 11.7. The molecule has 0 saturated carbocycles. The Balaban J connectivity index is 1.37. The average molecular weight is 361 g/mol. The molecule has 0 unspecified atom stereocenters. The van der Waals surface area contributed by atoms with Crippen molar-refractivity contribution in [2.75, 3.05) is 7.11 Å². The lowest BCUT2D eigenvalue weighted by atomic mass is 9.95. The summed E-state index contributed by atoms with van der Waals surface area (Å²) in [4.78, 5) is 17.8. The summed E-state index contributed by atoms with van der Waals surface area (Å²) in [7, 11) is 1.61. The van der Waals surface area contributed by atoms with E-state index in [-0.39, 0.29) is 11.9 Å². The Hall–Kier alpha value is -1.57. The SMILES string of the molecule is COc1csc(Sc2ccc(C(=O)N[C@@H]3C[C@H]4CC[C@@H]3N4)cc2)n1. The van der Waals surface area contributed by atoms with Gasteiger partial charge in [-0.15, -0.1) is 11.3 Å². The third kappa shape index (κ3) is 3.29. The highest BCUT2D eigenvalue weighted by atomic mass is 32.2. The number of methoxy groups -OCH3 is 1. The van der Waals surface area contributed by atoms with Crippen molar-refractivity contribution in [3.63, 3.8) is 0 Å². The van der Waals surface area contributed by atoms with Gasteiger partial charge in [0.05, 0.1) is 12.5 Å². The van der Waals surface area contributed by atoms with Crippen LogP contribution in [0.15, 0.2) is 38.9 Å². The molecule has 7 heteroatoms. The molecule has 2 fully saturated rings. The minimum absolute atomic E-state index is 0.0156. The van der Waals surface area contributed by atoms with Gasteiger partial charge in [0.25, 0.3) is 5.91 Å². The van der Waals surface area contributed by atoms with Crippen LogP contribution in [0.25, 0.3) is 0 Å². The molecule has 1 amide bonds. The van der Waals surface area contributed by atoms with Gasteiger partial charge < -0.3 is 15.4 Å². The van der Waals surface area contributed by atoms with Gasteiger partial charge in [-0.2, -0.15) is 4.98 Å². The molecule has 24 heavy (non-hydrogen) atoms. The van der Waals surface area contributed by atoms with Gasteiger partial charge in [-0.25, -0.2) is 0 Å². The summed E-state index contributed by atoms with van der Waals surface area (Å²) in [6.45, 7) is 0. The van der Waals surface area contributed by atoms with E-state index in [1.54, 1.807) is 30.2 Å². The van der Waals surface area contributed by atoms with E-state index in [4.69, 9.17) is 4.74 Å². The number of fused-ring (bicyclic) bond motifs is 2. The molecule has 0 spiro atoms. The van der Waals surface area contributed by atoms with E-state index in [2.05, 4.69) is 15.6 Å². The molecule has 4 rings (SSSR count). The second-order valence-corrected chi connectivity index (χ2v) is 8.32. The zero-order valence-corrected chi connectivity index (χ0v) is 15.0. The van der Waals surface area contributed by atoms with Crippen molar-refractivity contribution in [3.8, 4) is 5.88 Å². The monoisotopic (exact) mass is 361 g/mol. The second-order valence-electron chi connectivity index (χ2n) is 6.15. The molecule has 3 atom stereocenters. The summed E-state index contributed by atoms with van der Waals surface area (Å²) in [5.41, 5.74) is 0.707. The molecule has 1 aromatic carbocycles. The summed E-state index contributed by atoms with van der Waals surface area (Å²) in [6, 6.07) is 9.00. The number of hydrogen-bond acceptors (Lipinski definition) is 6. The first-order valence-electron chi connectivity index (χ1n) is 8.05. The fourth-order valence-electron chi connectivity index (χ4n) is 3.39. The van der Waals surface area contributed by atoms with E-state index in [1.165, 1.54) is 12.8 Å². The van der Waals surface area contributed by atoms with E-state index in [9.17, 15) is 4.79 Å². The molecule has 2 aliphatic heterocycles. The van der Waals surface area contributed by atoms with Crippen LogP contribution in [0.5, 0.6) is 5.88 Å². The largest absolute Gasteiger partial charge is 0.480 e. The Morgan fingerprint density at radius 2 is 2.21 bits per heavy atom. The van der Waals surface area contributed by atoms with Crippen LogP contribution < -0.4 is 15.4 Å². The molecule has 5 nitrogen and oxygen atoms in total. The first kappa shape index (κ1) is 15.9. The summed E-state index contributed by atoms with van der Waals surface area (Å²) in [5, 5.41) is 8.60. The topological polar surface area (TPSA) is 63.2 Å². The van der Waals surface area contributed by atoms with Crippen molar-refractivity contribution in [1.29, 1.82) is 0 Å². The van der Waals surface area contributed by atoms with Crippen LogP contribution in [0.3, 0.4) is 0 Å². The number of amides is 1. The van der Waals surface area contributed by atoms with Crippen molar-refractivity contribution in [3.05, 3.63) is 35.2 Å². The van der Waals surface area contributed by atoms with E-state index < -0.39 is 0 Å². The fourth-order valence-corrected chi connectivity index (χ4v) is 5.12. The minimum atomic E-state index is 0.0156. The summed E-state index contributed by atoms with van der Waals surface area (Å²) in [6.07, 6.45) is 3.46. The maximum Gasteiger partial charge on any atom is 0.251 e. The van der Waals surface area contributed by atoms with Crippen LogP contribution in [0.4, 0.5) is 0 Å². The van der Waals surface area contributed by atoms with Crippen LogP contribution in [-0.2, 0) is 0 Å². The minimum Gasteiger partial charge on any atom is -0.480 e. The highest BCUT2D eigenvalue weighted by Gasteiger charge is 2.39. The van der Waals surface area contributed by atoms with Gasteiger partial charge >= 0.3 is 0 Å². The van der Waals surface area contributed by atoms with Gasteiger partial charge in [-0.1, -0.05) is 11.8 Å². The second kappa shape index (κ2) is 6.74. The van der Waals surface area contributed by atoms with Crippen molar-refractivity contribution >= 4 is 29.0 Å². The number of ether oxygens (including phenoxy) is 1. The third-order valence-electron chi connectivity index (χ3n) is 4.61. The number of nitrogens with one attached hydrogen (secondary N) is 2. The number of rotatable bonds is 5. The molecule has 3 heterocycles. The van der Waals surface area contributed by atoms with E-state index in [1.807, 2.05) is 29.6 Å². The molecular formula is C17H19N3O2S2. The molecule has 1 aromatic heterocycles. The average Bonchev–Trinajstić information content (AvgIpc) is 3.32. The number of aromatic nitrogens is 1. The molecular weight excluding hydrogens is 342 g/mol. The van der Waals surface area contributed by atoms with Gasteiger partial charge in [0.1, 0.15) is 0 Å². The lowest BCUT2D eigenvalue weighted by molar-refractivity contribution is 0.0931. The predicted molar refractivity (Wildman–Crippen MR) is 95.0 cm³/mol. The number of carbonyl (C=O) groups is 1. The highest BCUT2D eigenvalue weighted by molar-refractivity contribution is 8.01. The summed E-state index contributed by atoms with van der Waals surface area (Å²) < 4.78 is 6.02. The maximum atomic E-state index is 12.4. The zero-order valence-electron chi connectivity index (χ0n) is 13.3. The Labute approximate surface area is 149 Å². The van der Waals surface area contributed by atoms with Crippen LogP contribution in [-0.4, -0.2) is 36.1 Å². The van der Waals surface area contributed by atoms with Crippen LogP contribution in [0, 0.1) is 0 Å². The lowest BCUT2D eigenvalue weighted by Gasteiger charge is -2.21. The Morgan fingerprint density at radius 3 is 2.83 bits per heavy atom. The fraction of sp³-hybridized carbons (Fsp3) is 0.412. The predicted octanol–water partition coefficient (Wildman–Crippen LogP) is 2.93. The molecule has 2 N–H and O–H groups in total. The van der Waals surface area contributed by atoms with Crippen molar-refractivity contribution < 1.29 is 9.53 Å². The van der Waals surface area contributed by atoms with Crippen molar-refractivity contribution in [2.24, 2.45) is 0 Å². The van der Waals surface area contributed by atoms with Gasteiger partial charge in [-0.05, 0) is 43.5 Å². The quantitative estimate of drug-likeness (QED) is 0.857. The smallest absolute Gasteiger partial charge is 0.251 e. The Morgan fingerprint density at radius 1 is 1.38 bits per heavy atom. The number of hydrogen-bond donors (Lipinski definition) is 2. The van der Waals surface area contributed by atoms with E-state index in [0.29, 0.717) is 23.5 Å². The van der Waals surface area contributed by atoms with E-state index in [0.717, 1.165) is 15.7 Å². The van der Waals surface area contributed by atoms with Gasteiger partial charge in [0.2, 0.25) is 5.88 Å². The summed E-state index contributed by atoms with van der Waals surface area (Å²) >= 11 is 3.12. The molecule has 0 radical (unpaired) electrons. The van der Waals surface area contributed by atoms with Gasteiger partial charge in [0, 0.05) is 28.6 Å². The Kier molecular flexibility index (Phi) is 4.47. The number of thiazole rings is 1. The standard InChI is InChI=1S/C17H19N3O2S2/c1-22-15-9-23-17(20-15)24-12-5-2-10(3-6-12)16(21)19-14-8-11-4-7-13(14)18-11/h2-3,5-6,9,11,13-14,18H,4,7-8H2,1H3,(H,19,21)/t11-,13+,14-/m1/s1. The van der Waals surface area contributed by atoms with Crippen LogP contribution >= 0.6 is 23.1 Å². The van der Waals surface area contributed by atoms with Crippen molar-refractivity contribution in [1.82, 2.24) is 15.6 Å². The zero-order chi connectivity index (χ0) is 16.5. The first-order valence-corrected chi connectivity index (χ1v) is 9.75. The molecule has 2 aliphatic rings. The van der Waals surface area contributed by atoms with Crippen LogP contribution in [0.1, 0.15) is 29.6 Å². The molecule has 126 valence electrons. The van der Waals surface area contributed by atoms with Gasteiger partial charge in [0.15, 0.2) is 4.34 Å². The van der Waals surface area contributed by atoms with Crippen LogP contribution in [0.2, 0.25) is 0 Å². The maximum absolute atomic E-state index is 12.4. The number of benzene rings is 1. The normalized spacial score (nSPS) is 25.0. The molecule has 2 aromatic rings. The number of carbonyl (C=O) groups excluding carboxylic acids is 1. The number of nitrogens with zero attached hydrogens (tertiary/aromatic N) is 1.